The quantitative estimate of drug-likeness (QED) is 0.321. The highest BCUT2D eigenvalue weighted by atomic mass is 16.5. The normalized spacial score (nSPS) is 16.8. The van der Waals surface area contributed by atoms with Crippen LogP contribution in [0, 0.1) is 0 Å². The molecule has 0 radical (unpaired) electrons. The number of rotatable bonds is 7. The van der Waals surface area contributed by atoms with E-state index in [2.05, 4.69) is 74.9 Å². The lowest BCUT2D eigenvalue weighted by molar-refractivity contribution is 0.0781. The van der Waals surface area contributed by atoms with Crippen molar-refractivity contribution in [1.29, 1.82) is 0 Å². The van der Waals surface area contributed by atoms with Crippen molar-refractivity contribution >= 4 is 29.3 Å². The van der Waals surface area contributed by atoms with Crippen molar-refractivity contribution in [3.05, 3.63) is 113 Å². The number of hydrogen-bond acceptors (Lipinski definition) is 7. The Bertz CT molecular complexity index is 1550. The monoisotopic (exact) mass is 532 g/mol. The topological polar surface area (TPSA) is 82.6 Å². The molecular weight excluding hydrogens is 500 g/mol. The fourth-order valence-electron chi connectivity index (χ4n) is 5.42. The van der Waals surface area contributed by atoms with Gasteiger partial charge in [-0.1, -0.05) is 60.7 Å². The molecule has 2 aliphatic heterocycles. The second-order valence-corrected chi connectivity index (χ2v) is 10.2. The molecule has 40 heavy (non-hydrogen) atoms. The van der Waals surface area contributed by atoms with Crippen molar-refractivity contribution < 1.29 is 9.53 Å². The number of para-hydroxylation sites is 1. The molecule has 0 bridgehead atoms. The fraction of sp³-hybridized carbons (Fsp3) is 0.219. The zero-order valence-electron chi connectivity index (χ0n) is 22.8. The molecule has 0 spiro atoms. The van der Waals surface area contributed by atoms with E-state index in [-0.39, 0.29) is 18.0 Å². The van der Waals surface area contributed by atoms with E-state index in [0.717, 1.165) is 28.1 Å². The molecule has 1 aromatic heterocycles. The number of hydrogen-bond donors (Lipinski definition) is 2. The zero-order valence-corrected chi connectivity index (χ0v) is 22.8. The number of carbonyl (C=O) groups excluding carboxylic acids is 1. The van der Waals surface area contributed by atoms with Crippen molar-refractivity contribution in [2.75, 3.05) is 36.4 Å². The summed E-state index contributed by atoms with van der Waals surface area (Å²) in [5.74, 6) is 1.86. The molecule has 3 heterocycles. The minimum atomic E-state index is -0.125. The number of fused-ring (bicyclic) bond motifs is 2. The molecule has 3 aromatic carbocycles. The molecule has 2 N–H and O–H groups in total. The number of ether oxygens (including phenoxy) is 1. The number of aromatic nitrogens is 2. The van der Waals surface area contributed by atoms with Gasteiger partial charge in [0.25, 0.3) is 5.91 Å². The van der Waals surface area contributed by atoms with Crippen LogP contribution in [0.25, 0.3) is 6.08 Å². The number of amides is 1. The summed E-state index contributed by atoms with van der Waals surface area (Å²) in [5, 5.41) is 7.29. The van der Waals surface area contributed by atoms with Gasteiger partial charge >= 0.3 is 0 Å². The van der Waals surface area contributed by atoms with E-state index in [1.165, 1.54) is 11.9 Å². The van der Waals surface area contributed by atoms with Crippen molar-refractivity contribution in [2.45, 2.75) is 25.6 Å². The summed E-state index contributed by atoms with van der Waals surface area (Å²) >= 11 is 0. The minimum Gasteiger partial charge on any atom is -0.497 e. The van der Waals surface area contributed by atoms with Gasteiger partial charge in [-0.2, -0.15) is 0 Å². The second-order valence-electron chi connectivity index (χ2n) is 10.2. The van der Waals surface area contributed by atoms with E-state index in [1.807, 2.05) is 49.5 Å². The molecule has 2 aliphatic rings. The number of methoxy groups -OCH3 is 1. The summed E-state index contributed by atoms with van der Waals surface area (Å²) < 4.78 is 5.30. The van der Waals surface area contributed by atoms with Crippen molar-refractivity contribution in [1.82, 2.24) is 14.9 Å². The Labute approximate surface area is 234 Å². The fourth-order valence-corrected chi connectivity index (χ4v) is 5.42. The van der Waals surface area contributed by atoms with Gasteiger partial charge < -0.3 is 25.2 Å². The third kappa shape index (κ3) is 4.84. The molecule has 8 heteroatoms. The maximum atomic E-state index is 13.5. The second kappa shape index (κ2) is 10.7. The van der Waals surface area contributed by atoms with Gasteiger partial charge in [0.15, 0.2) is 0 Å². The number of carbonyl (C=O) groups is 1. The molecule has 0 fully saturated rings. The zero-order chi connectivity index (χ0) is 27.6. The summed E-state index contributed by atoms with van der Waals surface area (Å²) in [6.07, 6.45) is 3.77. The first kappa shape index (κ1) is 25.4. The Morgan fingerprint density at radius 2 is 1.77 bits per heavy atom. The molecule has 8 nitrogen and oxygen atoms in total. The standard InChI is InChI=1S/C32H32N6O2/c1-21(26-17-24-11-7-8-12-27(24)36-29(26)23-9-5-4-6-10-23)35-30-28-31(34-19-33-30)38(20-37(2)32(28)39)18-22-13-15-25(40-3)16-14-22/h4-17,19,21,29,36H,18,20H2,1-3H3,(H,33,34,35). The predicted octanol–water partition coefficient (Wildman–Crippen LogP) is 5.59. The maximum Gasteiger partial charge on any atom is 0.262 e. The van der Waals surface area contributed by atoms with E-state index < -0.39 is 0 Å². The Kier molecular flexibility index (Phi) is 6.82. The van der Waals surface area contributed by atoms with Crippen LogP contribution in [-0.4, -0.2) is 47.6 Å². The van der Waals surface area contributed by atoms with E-state index in [0.29, 0.717) is 30.4 Å². The average Bonchev–Trinajstić information content (AvgIpc) is 3.00. The van der Waals surface area contributed by atoms with Crippen LogP contribution >= 0.6 is 0 Å². The highest BCUT2D eigenvalue weighted by molar-refractivity contribution is 6.04. The van der Waals surface area contributed by atoms with E-state index >= 15 is 0 Å². The smallest absolute Gasteiger partial charge is 0.262 e. The first-order valence-electron chi connectivity index (χ1n) is 13.4. The minimum absolute atomic E-state index is 0.0267. The molecular formula is C32H32N6O2. The molecule has 202 valence electrons. The SMILES string of the molecule is COc1ccc(CN2CN(C)C(=O)c3c(NC(C)C4=Cc5ccccc5NC4c4ccccc4)ncnc32)cc1. The molecule has 2 atom stereocenters. The lowest BCUT2D eigenvalue weighted by atomic mass is 9.88. The summed E-state index contributed by atoms with van der Waals surface area (Å²) in [5.41, 5.74) is 6.13. The van der Waals surface area contributed by atoms with Crippen LogP contribution in [0.3, 0.4) is 0 Å². The number of nitrogens with one attached hydrogen (secondary N) is 2. The number of benzene rings is 3. The Hall–Kier alpha value is -4.85. The third-order valence-electron chi connectivity index (χ3n) is 7.50. The number of nitrogens with zero attached hydrogens (tertiary/aromatic N) is 4. The predicted molar refractivity (Wildman–Crippen MR) is 158 cm³/mol. The van der Waals surface area contributed by atoms with Crippen molar-refractivity contribution in [3.8, 4) is 5.75 Å². The summed E-state index contributed by atoms with van der Waals surface area (Å²) in [4.78, 5) is 26.4. The van der Waals surface area contributed by atoms with Crippen LogP contribution in [0.5, 0.6) is 5.75 Å². The van der Waals surface area contributed by atoms with Gasteiger partial charge in [-0.3, -0.25) is 4.79 Å². The van der Waals surface area contributed by atoms with Gasteiger partial charge in [0.05, 0.1) is 19.8 Å². The van der Waals surface area contributed by atoms with Crippen LogP contribution in [0.1, 0.15) is 40.0 Å². The molecule has 6 rings (SSSR count). The van der Waals surface area contributed by atoms with Gasteiger partial charge in [0.2, 0.25) is 0 Å². The van der Waals surface area contributed by atoms with Crippen LogP contribution in [0.2, 0.25) is 0 Å². The van der Waals surface area contributed by atoms with Crippen LogP contribution in [0.4, 0.5) is 17.3 Å². The van der Waals surface area contributed by atoms with Gasteiger partial charge in [-0.15, -0.1) is 0 Å². The first-order valence-corrected chi connectivity index (χ1v) is 13.4. The Morgan fingerprint density at radius 3 is 2.55 bits per heavy atom. The molecule has 0 saturated carbocycles. The van der Waals surface area contributed by atoms with E-state index in [1.54, 1.807) is 12.0 Å². The van der Waals surface area contributed by atoms with Gasteiger partial charge in [0, 0.05) is 25.3 Å². The lowest BCUT2D eigenvalue weighted by Gasteiger charge is -2.36. The van der Waals surface area contributed by atoms with Crippen LogP contribution < -0.4 is 20.3 Å². The Morgan fingerprint density at radius 1 is 1.02 bits per heavy atom. The number of anilines is 3. The van der Waals surface area contributed by atoms with Crippen LogP contribution in [-0.2, 0) is 6.54 Å². The van der Waals surface area contributed by atoms with E-state index in [9.17, 15) is 4.79 Å². The summed E-state index contributed by atoms with van der Waals surface area (Å²) in [7, 11) is 3.46. The molecule has 4 aromatic rings. The van der Waals surface area contributed by atoms with Gasteiger partial charge in [-0.25, -0.2) is 9.97 Å². The molecule has 0 aliphatic carbocycles. The largest absolute Gasteiger partial charge is 0.497 e. The van der Waals surface area contributed by atoms with Crippen LogP contribution in [0.15, 0.2) is 90.8 Å². The third-order valence-corrected chi connectivity index (χ3v) is 7.50. The maximum absolute atomic E-state index is 13.5. The average molecular weight is 533 g/mol. The molecule has 2 unspecified atom stereocenters. The van der Waals surface area contributed by atoms with Crippen molar-refractivity contribution in [2.24, 2.45) is 0 Å². The highest BCUT2D eigenvalue weighted by Crippen LogP contribution is 2.38. The van der Waals surface area contributed by atoms with Gasteiger partial charge in [-0.05, 0) is 53.5 Å². The Balaban J connectivity index is 1.33. The lowest BCUT2D eigenvalue weighted by Crippen LogP contribution is -2.45. The van der Waals surface area contributed by atoms with Gasteiger partial charge in [0.1, 0.15) is 29.3 Å². The van der Waals surface area contributed by atoms with E-state index in [4.69, 9.17) is 4.74 Å². The summed E-state index contributed by atoms with van der Waals surface area (Å²) in [6.45, 7) is 3.15. The first-order chi connectivity index (χ1) is 19.5. The van der Waals surface area contributed by atoms with Crippen molar-refractivity contribution in [3.63, 3.8) is 0 Å². The summed E-state index contributed by atoms with van der Waals surface area (Å²) in [6, 6.07) is 26.5. The molecule has 0 saturated heterocycles. The highest BCUT2D eigenvalue weighted by Gasteiger charge is 2.33. The molecule has 1 amide bonds.